The van der Waals surface area contributed by atoms with Gasteiger partial charge in [0.2, 0.25) is 0 Å². The van der Waals surface area contributed by atoms with E-state index in [0.717, 1.165) is 24.5 Å². The minimum Gasteiger partial charge on any atom is -0.361 e. The summed E-state index contributed by atoms with van der Waals surface area (Å²) in [5.74, 6) is 0.900. The third-order valence-corrected chi connectivity index (χ3v) is 3.86. The van der Waals surface area contributed by atoms with Crippen LogP contribution in [0.5, 0.6) is 0 Å². The van der Waals surface area contributed by atoms with Crippen molar-refractivity contribution in [1.82, 2.24) is 10.1 Å². The number of likely N-dealkylation sites (tertiary alicyclic amines) is 1. The van der Waals surface area contributed by atoms with E-state index in [1.54, 1.807) is 0 Å². The highest BCUT2D eigenvalue weighted by Gasteiger charge is 2.28. The first-order valence-corrected chi connectivity index (χ1v) is 6.95. The molecule has 1 atom stereocenters. The van der Waals surface area contributed by atoms with Crippen molar-refractivity contribution < 1.29 is 4.52 Å². The number of aromatic nitrogens is 1. The van der Waals surface area contributed by atoms with Crippen LogP contribution in [-0.4, -0.2) is 16.6 Å². The molecule has 0 bridgehead atoms. The van der Waals surface area contributed by atoms with Gasteiger partial charge in [0.1, 0.15) is 11.5 Å². The lowest BCUT2D eigenvalue weighted by atomic mass is 10.1. The van der Waals surface area contributed by atoms with Gasteiger partial charge >= 0.3 is 0 Å². The Kier molecular flexibility index (Phi) is 3.38. The number of hydrogen-bond acceptors (Lipinski definition) is 3. The maximum atomic E-state index is 5.21. The Morgan fingerprint density at radius 1 is 1.26 bits per heavy atom. The summed E-state index contributed by atoms with van der Waals surface area (Å²) < 4.78 is 5.21. The molecule has 1 fully saturated rings. The number of hydrogen-bond donors (Lipinski definition) is 0. The van der Waals surface area contributed by atoms with E-state index in [-0.39, 0.29) is 0 Å². The van der Waals surface area contributed by atoms with Crippen molar-refractivity contribution in [2.24, 2.45) is 0 Å². The van der Waals surface area contributed by atoms with Crippen LogP contribution in [0.15, 0.2) is 34.9 Å². The second-order valence-electron chi connectivity index (χ2n) is 5.48. The Morgan fingerprint density at radius 2 is 2.05 bits per heavy atom. The topological polar surface area (TPSA) is 29.3 Å². The Balaban J connectivity index is 1.74. The van der Waals surface area contributed by atoms with Gasteiger partial charge in [0.25, 0.3) is 0 Å². The van der Waals surface area contributed by atoms with Crippen LogP contribution in [0, 0.1) is 13.8 Å². The standard InChI is InChI=1S/C16H20N2O/c1-12-5-7-14(8-6-12)11-18-9-3-4-16(18)15-10-13(2)19-17-15/h5-8,10,16H,3-4,9,11H2,1-2H3. The van der Waals surface area contributed by atoms with Crippen LogP contribution in [0.2, 0.25) is 0 Å². The number of benzene rings is 1. The first kappa shape index (κ1) is 12.4. The van der Waals surface area contributed by atoms with Crippen LogP contribution < -0.4 is 0 Å². The average molecular weight is 256 g/mol. The van der Waals surface area contributed by atoms with E-state index in [1.165, 1.54) is 24.0 Å². The highest BCUT2D eigenvalue weighted by Crippen LogP contribution is 2.32. The average Bonchev–Trinajstić information content (AvgIpc) is 3.01. The fourth-order valence-corrected chi connectivity index (χ4v) is 2.82. The Labute approximate surface area is 114 Å². The molecule has 3 rings (SSSR count). The van der Waals surface area contributed by atoms with Gasteiger partial charge < -0.3 is 4.52 Å². The molecule has 0 amide bonds. The van der Waals surface area contributed by atoms with Gasteiger partial charge in [-0.2, -0.15) is 0 Å². The summed E-state index contributed by atoms with van der Waals surface area (Å²) in [6, 6.07) is 11.3. The molecule has 1 aliphatic heterocycles. The summed E-state index contributed by atoms with van der Waals surface area (Å²) in [5, 5.41) is 4.19. The maximum absolute atomic E-state index is 5.21. The maximum Gasteiger partial charge on any atom is 0.133 e. The molecule has 2 aromatic rings. The molecule has 1 aromatic carbocycles. The van der Waals surface area contributed by atoms with Gasteiger partial charge in [0.15, 0.2) is 0 Å². The third-order valence-electron chi connectivity index (χ3n) is 3.86. The molecule has 0 N–H and O–H groups in total. The summed E-state index contributed by atoms with van der Waals surface area (Å²) >= 11 is 0. The molecule has 0 aliphatic carbocycles. The zero-order chi connectivity index (χ0) is 13.2. The molecule has 0 radical (unpaired) electrons. The minimum atomic E-state index is 0.416. The van der Waals surface area contributed by atoms with Gasteiger partial charge in [-0.1, -0.05) is 35.0 Å². The van der Waals surface area contributed by atoms with Crippen LogP contribution >= 0.6 is 0 Å². The van der Waals surface area contributed by atoms with Crippen LogP contribution in [-0.2, 0) is 6.54 Å². The molecular weight excluding hydrogens is 236 g/mol. The van der Waals surface area contributed by atoms with Gasteiger partial charge in [-0.25, -0.2) is 0 Å². The van der Waals surface area contributed by atoms with Gasteiger partial charge in [0, 0.05) is 12.6 Å². The molecule has 1 saturated heterocycles. The summed E-state index contributed by atoms with van der Waals surface area (Å²) in [6.45, 7) is 6.22. The van der Waals surface area contributed by atoms with E-state index in [1.807, 2.05) is 6.92 Å². The van der Waals surface area contributed by atoms with E-state index in [4.69, 9.17) is 4.52 Å². The lowest BCUT2D eigenvalue weighted by molar-refractivity contribution is 0.236. The van der Waals surface area contributed by atoms with Gasteiger partial charge in [-0.15, -0.1) is 0 Å². The Hall–Kier alpha value is -1.61. The van der Waals surface area contributed by atoms with Crippen molar-refractivity contribution in [1.29, 1.82) is 0 Å². The van der Waals surface area contributed by atoms with Gasteiger partial charge in [-0.3, -0.25) is 4.90 Å². The zero-order valence-electron chi connectivity index (χ0n) is 11.6. The molecule has 2 heterocycles. The number of aryl methyl sites for hydroxylation is 2. The van der Waals surface area contributed by atoms with Gasteiger partial charge in [-0.05, 0) is 38.8 Å². The van der Waals surface area contributed by atoms with E-state index in [2.05, 4.69) is 47.3 Å². The summed E-state index contributed by atoms with van der Waals surface area (Å²) in [5.41, 5.74) is 3.77. The first-order chi connectivity index (χ1) is 9.22. The number of nitrogens with zero attached hydrogens (tertiary/aromatic N) is 2. The fourth-order valence-electron chi connectivity index (χ4n) is 2.82. The summed E-state index contributed by atoms with van der Waals surface area (Å²) in [7, 11) is 0. The molecule has 1 aromatic heterocycles. The van der Waals surface area contributed by atoms with E-state index in [9.17, 15) is 0 Å². The van der Waals surface area contributed by atoms with E-state index < -0.39 is 0 Å². The second kappa shape index (κ2) is 5.17. The van der Waals surface area contributed by atoms with E-state index in [0.29, 0.717) is 6.04 Å². The van der Waals surface area contributed by atoms with Crippen molar-refractivity contribution in [3.8, 4) is 0 Å². The van der Waals surface area contributed by atoms with Crippen LogP contribution in [0.25, 0.3) is 0 Å². The van der Waals surface area contributed by atoms with Crippen molar-refractivity contribution >= 4 is 0 Å². The highest BCUT2D eigenvalue weighted by molar-refractivity contribution is 5.22. The van der Waals surface area contributed by atoms with E-state index >= 15 is 0 Å². The molecule has 0 saturated carbocycles. The lowest BCUT2D eigenvalue weighted by Gasteiger charge is -2.22. The predicted octanol–water partition coefficient (Wildman–Crippen LogP) is 3.63. The molecule has 3 heteroatoms. The predicted molar refractivity (Wildman–Crippen MR) is 74.8 cm³/mol. The monoisotopic (exact) mass is 256 g/mol. The highest BCUT2D eigenvalue weighted by atomic mass is 16.5. The summed E-state index contributed by atoms with van der Waals surface area (Å²) in [4.78, 5) is 2.50. The molecule has 1 unspecified atom stereocenters. The largest absolute Gasteiger partial charge is 0.361 e. The van der Waals surface area contributed by atoms with Crippen molar-refractivity contribution in [3.63, 3.8) is 0 Å². The van der Waals surface area contributed by atoms with Crippen LogP contribution in [0.1, 0.15) is 41.5 Å². The number of rotatable bonds is 3. The van der Waals surface area contributed by atoms with Crippen molar-refractivity contribution in [2.75, 3.05) is 6.54 Å². The second-order valence-corrected chi connectivity index (χ2v) is 5.48. The molecule has 19 heavy (non-hydrogen) atoms. The molecule has 0 spiro atoms. The summed E-state index contributed by atoms with van der Waals surface area (Å²) in [6.07, 6.45) is 2.42. The van der Waals surface area contributed by atoms with Crippen molar-refractivity contribution in [3.05, 3.63) is 52.9 Å². The fraction of sp³-hybridized carbons (Fsp3) is 0.438. The van der Waals surface area contributed by atoms with Crippen LogP contribution in [0.3, 0.4) is 0 Å². The van der Waals surface area contributed by atoms with Gasteiger partial charge in [0.05, 0.1) is 6.04 Å². The first-order valence-electron chi connectivity index (χ1n) is 6.95. The normalized spacial score (nSPS) is 20.0. The Bertz CT molecular complexity index is 544. The third kappa shape index (κ3) is 2.71. The lowest BCUT2D eigenvalue weighted by Crippen LogP contribution is -2.22. The zero-order valence-corrected chi connectivity index (χ0v) is 11.6. The van der Waals surface area contributed by atoms with Crippen molar-refractivity contribution in [2.45, 2.75) is 39.3 Å². The Morgan fingerprint density at radius 3 is 2.74 bits per heavy atom. The van der Waals surface area contributed by atoms with Crippen LogP contribution in [0.4, 0.5) is 0 Å². The SMILES string of the molecule is Cc1ccc(CN2CCCC2c2cc(C)on2)cc1. The molecule has 100 valence electrons. The quantitative estimate of drug-likeness (QED) is 0.839. The molecular formula is C16H20N2O. The molecule has 1 aliphatic rings. The molecule has 3 nitrogen and oxygen atoms in total. The smallest absolute Gasteiger partial charge is 0.133 e. The minimum absolute atomic E-state index is 0.416.